The molecule has 1 amide bonds. The highest BCUT2D eigenvalue weighted by Crippen LogP contribution is 2.26. The van der Waals surface area contributed by atoms with E-state index in [9.17, 15) is 4.79 Å². The van der Waals surface area contributed by atoms with Crippen LogP contribution in [0.15, 0.2) is 12.7 Å². The normalized spacial score (nSPS) is 19.7. The minimum atomic E-state index is 0.102. The molecule has 0 saturated carbocycles. The van der Waals surface area contributed by atoms with Crippen molar-refractivity contribution < 1.29 is 9.53 Å². The molecule has 1 fully saturated rings. The summed E-state index contributed by atoms with van der Waals surface area (Å²) in [6, 6.07) is 0.399. The number of carbonyl (C=O) groups excluding carboxylic acids is 1. The summed E-state index contributed by atoms with van der Waals surface area (Å²) in [4.78, 5) is 15.1. The minimum absolute atomic E-state index is 0.102. The number of nitrogens with one attached hydrogen (secondary N) is 1. The van der Waals surface area contributed by atoms with Gasteiger partial charge in [-0.25, -0.2) is 0 Å². The number of nitrogens with zero attached hydrogens (tertiary/aromatic N) is 3. The number of fused-ring (bicyclic) bond motifs is 1. The first-order chi connectivity index (χ1) is 13.6. The van der Waals surface area contributed by atoms with Crippen molar-refractivity contribution in [1.82, 2.24) is 20.0 Å². The Labute approximate surface area is 173 Å². The molecule has 1 unspecified atom stereocenters. The van der Waals surface area contributed by atoms with E-state index in [0.717, 1.165) is 69.0 Å². The Bertz CT molecular complexity index is 668. The Kier molecular flexibility index (Phi) is 8.00. The first-order valence-corrected chi connectivity index (χ1v) is 11.7. The molecular weight excluding hydrogens is 372 g/mol. The number of rotatable bonds is 9. The number of thioether (sulfide) groups is 1. The van der Waals surface area contributed by atoms with Gasteiger partial charge in [0.1, 0.15) is 0 Å². The molecule has 6 nitrogen and oxygen atoms in total. The topological polar surface area (TPSA) is 59.4 Å². The van der Waals surface area contributed by atoms with Crippen LogP contribution < -0.4 is 5.32 Å². The number of carbonyl (C=O) groups is 1. The molecule has 7 heteroatoms. The van der Waals surface area contributed by atoms with Crippen LogP contribution >= 0.6 is 11.8 Å². The molecule has 28 heavy (non-hydrogen) atoms. The van der Waals surface area contributed by atoms with Crippen molar-refractivity contribution in [1.29, 1.82) is 0 Å². The number of hydrogen-bond donors (Lipinski definition) is 1. The smallest absolute Gasteiger partial charge is 0.274 e. The highest BCUT2D eigenvalue weighted by Gasteiger charge is 2.31. The standard InChI is InChI=1S/C21H34N4O2S/c1-4-9-25-19-7-6-17(22-8-5-12-27-16(2)3)15-18(19)20(23-25)21(26)24-10-13-28-14-11-24/h4,16-17,22H,1,5-15H2,2-3H3. The van der Waals surface area contributed by atoms with E-state index in [1.807, 2.05) is 27.4 Å². The second-order valence-corrected chi connectivity index (χ2v) is 9.04. The van der Waals surface area contributed by atoms with Gasteiger partial charge in [-0.05, 0) is 46.1 Å². The Morgan fingerprint density at radius 1 is 1.43 bits per heavy atom. The van der Waals surface area contributed by atoms with Crippen molar-refractivity contribution in [2.24, 2.45) is 0 Å². The van der Waals surface area contributed by atoms with Crippen molar-refractivity contribution in [3.05, 3.63) is 29.6 Å². The van der Waals surface area contributed by atoms with Gasteiger partial charge in [0.25, 0.3) is 5.91 Å². The van der Waals surface area contributed by atoms with Gasteiger partial charge in [0.2, 0.25) is 0 Å². The summed E-state index contributed by atoms with van der Waals surface area (Å²) in [5, 5.41) is 8.38. The lowest BCUT2D eigenvalue weighted by Crippen LogP contribution is -2.40. The second-order valence-electron chi connectivity index (χ2n) is 7.82. The number of ether oxygens (including phenoxy) is 1. The van der Waals surface area contributed by atoms with Gasteiger partial charge in [0.15, 0.2) is 5.69 Å². The lowest BCUT2D eigenvalue weighted by molar-refractivity contribution is 0.0763. The maximum absolute atomic E-state index is 13.1. The molecule has 1 aliphatic carbocycles. The van der Waals surface area contributed by atoms with Gasteiger partial charge in [-0.2, -0.15) is 16.9 Å². The Morgan fingerprint density at radius 3 is 2.93 bits per heavy atom. The van der Waals surface area contributed by atoms with E-state index < -0.39 is 0 Å². The third-order valence-corrected chi connectivity index (χ3v) is 6.30. The molecule has 1 aliphatic heterocycles. The van der Waals surface area contributed by atoms with Crippen LogP contribution in [0.4, 0.5) is 0 Å². The second kappa shape index (κ2) is 10.5. The zero-order valence-corrected chi connectivity index (χ0v) is 18.1. The monoisotopic (exact) mass is 406 g/mol. The predicted molar refractivity (Wildman–Crippen MR) is 115 cm³/mol. The lowest BCUT2D eigenvalue weighted by atomic mass is 9.91. The van der Waals surface area contributed by atoms with Crippen LogP contribution in [0.1, 0.15) is 48.4 Å². The SMILES string of the molecule is C=CCn1nc(C(=O)N2CCSCC2)c2c1CCC(NCCCOC(C)C)C2. The van der Waals surface area contributed by atoms with Gasteiger partial charge in [0, 0.05) is 48.5 Å². The molecule has 3 rings (SSSR count). The van der Waals surface area contributed by atoms with Crippen molar-refractivity contribution >= 4 is 17.7 Å². The minimum Gasteiger partial charge on any atom is -0.379 e. The van der Waals surface area contributed by atoms with E-state index in [1.54, 1.807) is 0 Å². The number of allylic oxidation sites excluding steroid dienone is 1. The molecule has 0 spiro atoms. The van der Waals surface area contributed by atoms with Gasteiger partial charge in [0.05, 0.1) is 12.6 Å². The van der Waals surface area contributed by atoms with Crippen molar-refractivity contribution in [3.63, 3.8) is 0 Å². The van der Waals surface area contributed by atoms with Crippen molar-refractivity contribution in [2.45, 2.75) is 58.2 Å². The maximum Gasteiger partial charge on any atom is 0.274 e. The molecule has 0 aromatic carbocycles. The van der Waals surface area contributed by atoms with Crippen LogP contribution in [0.25, 0.3) is 0 Å². The van der Waals surface area contributed by atoms with Crippen LogP contribution in [-0.2, 0) is 24.1 Å². The zero-order valence-electron chi connectivity index (χ0n) is 17.3. The van der Waals surface area contributed by atoms with Gasteiger partial charge < -0.3 is 15.0 Å². The van der Waals surface area contributed by atoms with Crippen molar-refractivity contribution in [3.8, 4) is 0 Å². The average molecular weight is 407 g/mol. The zero-order chi connectivity index (χ0) is 19.9. The third-order valence-electron chi connectivity index (χ3n) is 5.35. The van der Waals surface area contributed by atoms with Crippen molar-refractivity contribution in [2.75, 3.05) is 37.7 Å². The van der Waals surface area contributed by atoms with Crippen LogP contribution in [0.2, 0.25) is 0 Å². The van der Waals surface area contributed by atoms with Crippen LogP contribution in [0.5, 0.6) is 0 Å². The quantitative estimate of drug-likeness (QED) is 0.504. The fourth-order valence-electron chi connectivity index (χ4n) is 3.92. The molecule has 1 atom stereocenters. The summed E-state index contributed by atoms with van der Waals surface area (Å²) >= 11 is 1.92. The summed E-state index contributed by atoms with van der Waals surface area (Å²) in [6.45, 7) is 12.0. The number of amides is 1. The fourth-order valence-corrected chi connectivity index (χ4v) is 4.82. The van der Waals surface area contributed by atoms with Gasteiger partial charge in [-0.1, -0.05) is 6.08 Å². The largest absolute Gasteiger partial charge is 0.379 e. The maximum atomic E-state index is 13.1. The molecule has 2 heterocycles. The fraction of sp³-hybridized carbons (Fsp3) is 0.714. The Hall–Kier alpha value is -1.31. The van der Waals surface area contributed by atoms with Crippen LogP contribution in [0.3, 0.4) is 0 Å². The van der Waals surface area contributed by atoms with Crippen LogP contribution in [0, 0.1) is 0 Å². The molecule has 156 valence electrons. The lowest BCUT2D eigenvalue weighted by Gasteiger charge is -2.27. The van der Waals surface area contributed by atoms with E-state index in [-0.39, 0.29) is 12.0 Å². The molecule has 0 bridgehead atoms. The molecule has 0 radical (unpaired) electrons. The summed E-state index contributed by atoms with van der Waals surface area (Å²) in [5.74, 6) is 2.14. The molecule has 1 saturated heterocycles. The highest BCUT2D eigenvalue weighted by molar-refractivity contribution is 7.99. The van der Waals surface area contributed by atoms with E-state index in [1.165, 1.54) is 5.69 Å². The summed E-state index contributed by atoms with van der Waals surface area (Å²) < 4.78 is 7.61. The third kappa shape index (κ3) is 5.39. The van der Waals surface area contributed by atoms with E-state index in [0.29, 0.717) is 18.3 Å². The average Bonchev–Trinajstić information content (AvgIpc) is 3.06. The van der Waals surface area contributed by atoms with Crippen LogP contribution in [-0.4, -0.2) is 70.5 Å². The highest BCUT2D eigenvalue weighted by atomic mass is 32.2. The predicted octanol–water partition coefficient (Wildman–Crippen LogP) is 2.52. The summed E-state index contributed by atoms with van der Waals surface area (Å²) in [7, 11) is 0. The molecule has 1 N–H and O–H groups in total. The van der Waals surface area contributed by atoms with E-state index in [2.05, 4.69) is 25.7 Å². The van der Waals surface area contributed by atoms with Gasteiger partial charge in [-0.3, -0.25) is 9.48 Å². The summed E-state index contributed by atoms with van der Waals surface area (Å²) in [5.41, 5.74) is 3.03. The molecule has 1 aromatic heterocycles. The molecular formula is C21H34N4O2S. The first-order valence-electron chi connectivity index (χ1n) is 10.5. The Balaban J connectivity index is 1.66. The molecule has 2 aliphatic rings. The van der Waals surface area contributed by atoms with Gasteiger partial charge in [-0.15, -0.1) is 6.58 Å². The first kappa shape index (κ1) is 21.4. The molecule has 1 aromatic rings. The Morgan fingerprint density at radius 2 is 2.21 bits per heavy atom. The van der Waals surface area contributed by atoms with E-state index >= 15 is 0 Å². The van der Waals surface area contributed by atoms with E-state index in [4.69, 9.17) is 9.84 Å². The number of aromatic nitrogens is 2. The van der Waals surface area contributed by atoms with Gasteiger partial charge >= 0.3 is 0 Å². The number of hydrogen-bond acceptors (Lipinski definition) is 5. The summed E-state index contributed by atoms with van der Waals surface area (Å²) in [6.07, 6.45) is 6.07.